The lowest BCUT2D eigenvalue weighted by atomic mass is 10.3. The van der Waals surface area contributed by atoms with Crippen LogP contribution in [0.15, 0.2) is 29.4 Å². The Morgan fingerprint density at radius 2 is 2.44 bits per heavy atom. The SMILES string of the molecule is CCCNC(CSc1ccccn1)C(=O)O. The van der Waals surface area contributed by atoms with Gasteiger partial charge in [-0.1, -0.05) is 13.0 Å². The molecule has 0 aliphatic carbocycles. The van der Waals surface area contributed by atoms with Crippen molar-refractivity contribution in [2.75, 3.05) is 12.3 Å². The van der Waals surface area contributed by atoms with Gasteiger partial charge in [0.25, 0.3) is 0 Å². The number of aromatic nitrogens is 1. The van der Waals surface area contributed by atoms with Gasteiger partial charge in [-0.3, -0.25) is 4.79 Å². The first-order valence-corrected chi connectivity index (χ1v) is 6.22. The van der Waals surface area contributed by atoms with Gasteiger partial charge in [-0.25, -0.2) is 4.98 Å². The van der Waals surface area contributed by atoms with Crippen LogP contribution in [0.5, 0.6) is 0 Å². The zero-order valence-corrected chi connectivity index (χ0v) is 10.0. The highest BCUT2D eigenvalue weighted by molar-refractivity contribution is 7.99. The second-order valence-corrected chi connectivity index (χ2v) is 4.36. The molecule has 0 bridgehead atoms. The van der Waals surface area contributed by atoms with Gasteiger partial charge in [0, 0.05) is 11.9 Å². The van der Waals surface area contributed by atoms with Crippen molar-refractivity contribution in [3.8, 4) is 0 Å². The molecule has 16 heavy (non-hydrogen) atoms. The first-order chi connectivity index (χ1) is 7.74. The van der Waals surface area contributed by atoms with Crippen LogP contribution in [0.3, 0.4) is 0 Å². The molecule has 5 heteroatoms. The fraction of sp³-hybridized carbons (Fsp3) is 0.455. The van der Waals surface area contributed by atoms with Crippen molar-refractivity contribution in [3.63, 3.8) is 0 Å². The molecule has 0 spiro atoms. The maximum absolute atomic E-state index is 10.9. The van der Waals surface area contributed by atoms with Gasteiger partial charge in [0.05, 0.1) is 5.03 Å². The number of nitrogens with zero attached hydrogens (tertiary/aromatic N) is 1. The standard InChI is InChI=1S/C11H16N2O2S/c1-2-6-12-9(11(14)15)8-16-10-5-3-4-7-13-10/h3-5,7,9,12H,2,6,8H2,1H3,(H,14,15). The molecular formula is C11H16N2O2S. The summed E-state index contributed by atoms with van der Waals surface area (Å²) in [4.78, 5) is 15.1. The van der Waals surface area contributed by atoms with E-state index in [1.165, 1.54) is 11.8 Å². The van der Waals surface area contributed by atoms with Gasteiger partial charge in [-0.05, 0) is 25.1 Å². The predicted molar refractivity (Wildman–Crippen MR) is 64.7 cm³/mol. The van der Waals surface area contributed by atoms with E-state index < -0.39 is 12.0 Å². The number of carboxylic acids is 1. The van der Waals surface area contributed by atoms with Gasteiger partial charge in [0.1, 0.15) is 6.04 Å². The third kappa shape index (κ3) is 4.63. The highest BCUT2D eigenvalue weighted by atomic mass is 32.2. The summed E-state index contributed by atoms with van der Waals surface area (Å²) < 4.78 is 0. The van der Waals surface area contributed by atoms with E-state index in [-0.39, 0.29) is 0 Å². The molecule has 0 radical (unpaired) electrons. The number of carboxylic acid groups (broad SMARTS) is 1. The molecule has 0 aliphatic heterocycles. The Labute approximate surface area is 99.5 Å². The molecule has 0 aromatic carbocycles. The fourth-order valence-corrected chi connectivity index (χ4v) is 2.05. The van der Waals surface area contributed by atoms with Crippen molar-refractivity contribution in [1.82, 2.24) is 10.3 Å². The lowest BCUT2D eigenvalue weighted by Crippen LogP contribution is -2.39. The van der Waals surface area contributed by atoms with Crippen molar-refractivity contribution in [1.29, 1.82) is 0 Å². The van der Waals surface area contributed by atoms with Crippen LogP contribution in [0.2, 0.25) is 0 Å². The van der Waals surface area contributed by atoms with E-state index in [9.17, 15) is 4.79 Å². The van der Waals surface area contributed by atoms with Crippen LogP contribution in [-0.4, -0.2) is 34.4 Å². The molecule has 4 nitrogen and oxygen atoms in total. The topological polar surface area (TPSA) is 62.2 Å². The van der Waals surface area contributed by atoms with Crippen molar-refractivity contribution in [2.24, 2.45) is 0 Å². The lowest BCUT2D eigenvalue weighted by Gasteiger charge is -2.12. The first-order valence-electron chi connectivity index (χ1n) is 5.24. The number of pyridine rings is 1. The Balaban J connectivity index is 2.41. The average Bonchev–Trinajstić information content (AvgIpc) is 2.30. The summed E-state index contributed by atoms with van der Waals surface area (Å²) in [5.41, 5.74) is 0. The summed E-state index contributed by atoms with van der Waals surface area (Å²) in [6.07, 6.45) is 2.63. The zero-order chi connectivity index (χ0) is 11.8. The Bertz CT molecular complexity index is 319. The maximum Gasteiger partial charge on any atom is 0.321 e. The summed E-state index contributed by atoms with van der Waals surface area (Å²) >= 11 is 1.45. The average molecular weight is 240 g/mol. The van der Waals surface area contributed by atoms with Gasteiger partial charge >= 0.3 is 5.97 Å². The van der Waals surface area contributed by atoms with Gasteiger partial charge < -0.3 is 10.4 Å². The number of hydrogen-bond acceptors (Lipinski definition) is 4. The largest absolute Gasteiger partial charge is 0.480 e. The molecule has 2 N–H and O–H groups in total. The summed E-state index contributed by atoms with van der Waals surface area (Å²) in [7, 11) is 0. The van der Waals surface area contributed by atoms with Gasteiger partial charge in [-0.2, -0.15) is 0 Å². The molecular weight excluding hydrogens is 224 g/mol. The molecule has 0 saturated heterocycles. The molecule has 88 valence electrons. The minimum atomic E-state index is -0.808. The van der Waals surface area contributed by atoms with E-state index in [2.05, 4.69) is 10.3 Å². The van der Waals surface area contributed by atoms with E-state index in [4.69, 9.17) is 5.11 Å². The van der Waals surface area contributed by atoms with Crippen molar-refractivity contribution in [2.45, 2.75) is 24.4 Å². The summed E-state index contributed by atoms with van der Waals surface area (Å²) in [6.45, 7) is 2.73. The Morgan fingerprint density at radius 1 is 1.62 bits per heavy atom. The maximum atomic E-state index is 10.9. The van der Waals surface area contributed by atoms with Crippen molar-refractivity contribution < 1.29 is 9.90 Å². The minimum Gasteiger partial charge on any atom is -0.480 e. The number of carbonyl (C=O) groups is 1. The molecule has 0 saturated carbocycles. The summed E-state index contributed by atoms with van der Waals surface area (Å²) in [5.74, 6) is -0.316. The van der Waals surface area contributed by atoms with Gasteiger partial charge in [0.2, 0.25) is 0 Å². The Hall–Kier alpha value is -1.07. The number of aliphatic carboxylic acids is 1. The van der Waals surface area contributed by atoms with Crippen LogP contribution >= 0.6 is 11.8 Å². The van der Waals surface area contributed by atoms with Crippen LogP contribution in [0.4, 0.5) is 0 Å². The molecule has 1 aromatic heterocycles. The number of hydrogen-bond donors (Lipinski definition) is 2. The number of rotatable bonds is 7. The molecule has 0 fully saturated rings. The normalized spacial score (nSPS) is 12.3. The van der Waals surface area contributed by atoms with Crippen molar-refractivity contribution >= 4 is 17.7 Å². The van der Waals surface area contributed by atoms with E-state index in [0.29, 0.717) is 5.75 Å². The second-order valence-electron chi connectivity index (χ2n) is 3.32. The second kappa shape index (κ2) is 7.24. The van der Waals surface area contributed by atoms with Crippen LogP contribution in [0.25, 0.3) is 0 Å². The quantitative estimate of drug-likeness (QED) is 0.709. The Kier molecular flexibility index (Phi) is 5.88. The van der Waals surface area contributed by atoms with Crippen molar-refractivity contribution in [3.05, 3.63) is 24.4 Å². The smallest absolute Gasteiger partial charge is 0.321 e. The van der Waals surface area contributed by atoms with Crippen LogP contribution in [-0.2, 0) is 4.79 Å². The highest BCUT2D eigenvalue weighted by Crippen LogP contribution is 2.15. The summed E-state index contributed by atoms with van der Waals surface area (Å²) in [5, 5.41) is 12.8. The molecule has 0 aliphatic rings. The predicted octanol–water partition coefficient (Wildman–Crippen LogP) is 1.63. The molecule has 1 unspecified atom stereocenters. The third-order valence-electron chi connectivity index (χ3n) is 1.97. The number of nitrogens with one attached hydrogen (secondary N) is 1. The van der Waals surface area contributed by atoms with Crippen LogP contribution in [0.1, 0.15) is 13.3 Å². The third-order valence-corrected chi connectivity index (χ3v) is 3.01. The number of thioether (sulfide) groups is 1. The monoisotopic (exact) mass is 240 g/mol. The zero-order valence-electron chi connectivity index (χ0n) is 9.22. The molecule has 0 amide bonds. The summed E-state index contributed by atoms with van der Waals surface area (Å²) in [6, 6.07) is 5.11. The molecule has 1 heterocycles. The van der Waals surface area contributed by atoms with E-state index >= 15 is 0 Å². The molecule has 1 atom stereocenters. The van der Waals surface area contributed by atoms with Gasteiger partial charge in [0.15, 0.2) is 0 Å². The molecule has 1 aromatic rings. The van der Waals surface area contributed by atoms with E-state index in [1.54, 1.807) is 6.20 Å². The van der Waals surface area contributed by atoms with Gasteiger partial charge in [-0.15, -0.1) is 11.8 Å². The first kappa shape index (κ1) is 13.0. The highest BCUT2D eigenvalue weighted by Gasteiger charge is 2.16. The molecule has 1 rings (SSSR count). The fourth-order valence-electron chi connectivity index (χ4n) is 1.14. The Morgan fingerprint density at radius 3 is 3.00 bits per heavy atom. The van der Waals surface area contributed by atoms with Crippen LogP contribution < -0.4 is 5.32 Å². The van der Waals surface area contributed by atoms with E-state index in [0.717, 1.165) is 18.0 Å². The minimum absolute atomic E-state index is 0.492. The van der Waals surface area contributed by atoms with Crippen LogP contribution in [0, 0.1) is 0 Å². The lowest BCUT2D eigenvalue weighted by molar-refractivity contribution is -0.138. The van der Waals surface area contributed by atoms with E-state index in [1.807, 2.05) is 25.1 Å².